The highest BCUT2D eigenvalue weighted by molar-refractivity contribution is 6.30. The maximum absolute atomic E-state index is 12.5. The maximum atomic E-state index is 12.5. The van der Waals surface area contributed by atoms with E-state index in [0.717, 1.165) is 23.4 Å². The van der Waals surface area contributed by atoms with Crippen LogP contribution < -0.4 is 5.32 Å². The second-order valence-electron chi connectivity index (χ2n) is 6.89. The number of carbonyl (C=O) groups is 1. The Kier molecular flexibility index (Phi) is 4.06. The van der Waals surface area contributed by atoms with Crippen LogP contribution >= 0.6 is 11.6 Å². The Balaban J connectivity index is 1.76. The van der Waals surface area contributed by atoms with Crippen LogP contribution in [0.5, 0.6) is 0 Å². The smallest absolute Gasteiger partial charge is 0.320 e. The number of aromatic amines is 1. The molecule has 122 valence electrons. The molecule has 1 aromatic carbocycles. The van der Waals surface area contributed by atoms with Crippen LogP contribution in [-0.2, 0) is 18.4 Å². The number of H-pyrrole nitrogens is 1. The van der Waals surface area contributed by atoms with Gasteiger partial charge in [-0.25, -0.2) is 4.79 Å². The summed E-state index contributed by atoms with van der Waals surface area (Å²) in [4.78, 5) is 14.3. The van der Waals surface area contributed by atoms with Crippen molar-refractivity contribution in [2.24, 2.45) is 0 Å². The molecule has 1 aliphatic heterocycles. The molecule has 0 aliphatic carbocycles. The number of hydrogen-bond acceptors (Lipinski definition) is 2. The van der Waals surface area contributed by atoms with Crippen molar-refractivity contribution in [3.05, 3.63) is 46.2 Å². The first-order valence-electron chi connectivity index (χ1n) is 7.72. The standard InChI is InChI=1S/C17H21ClN4O/c1-17(2,3)15-13-10-22(8-7-14(13)20-21-15)16(23)19-12-6-4-5-11(18)9-12/h4-6,9H,7-8,10H2,1-3H3,(H,19,23)(H,20,21). The van der Waals surface area contributed by atoms with Crippen molar-refractivity contribution in [2.75, 3.05) is 11.9 Å². The lowest BCUT2D eigenvalue weighted by Crippen LogP contribution is -2.39. The zero-order valence-corrected chi connectivity index (χ0v) is 14.4. The second kappa shape index (κ2) is 5.89. The fourth-order valence-electron chi connectivity index (χ4n) is 2.86. The summed E-state index contributed by atoms with van der Waals surface area (Å²) in [5.74, 6) is 0. The normalized spacial score (nSPS) is 14.5. The summed E-state index contributed by atoms with van der Waals surface area (Å²) in [6, 6.07) is 7.06. The number of hydrogen-bond donors (Lipinski definition) is 2. The number of rotatable bonds is 1. The average Bonchev–Trinajstić information content (AvgIpc) is 2.90. The van der Waals surface area contributed by atoms with E-state index in [0.29, 0.717) is 23.8 Å². The van der Waals surface area contributed by atoms with E-state index in [1.807, 2.05) is 17.0 Å². The third-order valence-corrected chi connectivity index (χ3v) is 4.24. The highest BCUT2D eigenvalue weighted by atomic mass is 35.5. The second-order valence-corrected chi connectivity index (χ2v) is 7.33. The SMILES string of the molecule is CC(C)(C)c1n[nH]c2c1CN(C(=O)Nc1cccc(Cl)c1)CC2. The number of nitrogens with one attached hydrogen (secondary N) is 2. The highest BCUT2D eigenvalue weighted by Gasteiger charge is 2.29. The van der Waals surface area contributed by atoms with Crippen LogP contribution in [0.3, 0.4) is 0 Å². The molecule has 0 atom stereocenters. The van der Waals surface area contributed by atoms with Gasteiger partial charge in [0, 0.05) is 40.3 Å². The lowest BCUT2D eigenvalue weighted by atomic mass is 9.87. The first-order chi connectivity index (χ1) is 10.8. The number of urea groups is 1. The topological polar surface area (TPSA) is 61.0 Å². The van der Waals surface area contributed by atoms with Crippen molar-refractivity contribution < 1.29 is 4.79 Å². The van der Waals surface area contributed by atoms with Gasteiger partial charge in [-0.1, -0.05) is 38.4 Å². The molecule has 0 spiro atoms. The van der Waals surface area contributed by atoms with Crippen LogP contribution in [0, 0.1) is 0 Å². The molecule has 0 fully saturated rings. The minimum Gasteiger partial charge on any atom is -0.320 e. The molecule has 0 unspecified atom stereocenters. The summed E-state index contributed by atoms with van der Waals surface area (Å²) in [5.41, 5.74) is 3.98. The zero-order chi connectivity index (χ0) is 16.6. The summed E-state index contributed by atoms with van der Waals surface area (Å²) in [7, 11) is 0. The lowest BCUT2D eigenvalue weighted by molar-refractivity contribution is 0.206. The Bertz CT molecular complexity index is 732. The van der Waals surface area contributed by atoms with Crippen LogP contribution in [0.1, 0.15) is 37.7 Å². The third kappa shape index (κ3) is 3.34. The predicted molar refractivity (Wildman–Crippen MR) is 91.9 cm³/mol. The average molecular weight is 333 g/mol. The van der Waals surface area contributed by atoms with Gasteiger partial charge in [0.15, 0.2) is 0 Å². The Morgan fingerprint density at radius 1 is 1.39 bits per heavy atom. The number of aromatic nitrogens is 2. The fourth-order valence-corrected chi connectivity index (χ4v) is 3.05. The number of amides is 2. The van der Waals surface area contributed by atoms with Crippen molar-refractivity contribution in [3.63, 3.8) is 0 Å². The zero-order valence-electron chi connectivity index (χ0n) is 13.6. The quantitative estimate of drug-likeness (QED) is 0.830. The molecule has 2 N–H and O–H groups in total. The van der Waals surface area contributed by atoms with E-state index in [1.54, 1.807) is 12.1 Å². The number of nitrogens with zero attached hydrogens (tertiary/aromatic N) is 2. The molecule has 1 aromatic heterocycles. The summed E-state index contributed by atoms with van der Waals surface area (Å²) in [6.45, 7) is 7.65. The minimum atomic E-state index is -0.112. The van der Waals surface area contributed by atoms with Crippen LogP contribution in [0.25, 0.3) is 0 Å². The van der Waals surface area contributed by atoms with Gasteiger partial charge in [-0.15, -0.1) is 0 Å². The summed E-state index contributed by atoms with van der Waals surface area (Å²) < 4.78 is 0. The van der Waals surface area contributed by atoms with E-state index in [-0.39, 0.29) is 11.4 Å². The van der Waals surface area contributed by atoms with Crippen LogP contribution in [0.2, 0.25) is 5.02 Å². The van der Waals surface area contributed by atoms with Gasteiger partial charge in [-0.2, -0.15) is 5.10 Å². The van der Waals surface area contributed by atoms with Crippen LogP contribution in [0.4, 0.5) is 10.5 Å². The van der Waals surface area contributed by atoms with Crippen LogP contribution in [0.15, 0.2) is 24.3 Å². The highest BCUT2D eigenvalue weighted by Crippen LogP contribution is 2.29. The Hall–Kier alpha value is -2.01. The number of halogens is 1. The molecular weight excluding hydrogens is 312 g/mol. The van der Waals surface area contributed by atoms with Gasteiger partial charge in [-0.05, 0) is 18.2 Å². The minimum absolute atomic E-state index is 0.0451. The van der Waals surface area contributed by atoms with Gasteiger partial charge in [0.1, 0.15) is 0 Å². The van der Waals surface area contributed by atoms with Crippen molar-refractivity contribution in [3.8, 4) is 0 Å². The molecule has 2 aromatic rings. The summed E-state index contributed by atoms with van der Waals surface area (Å²) in [6.07, 6.45) is 0.793. The number of benzene rings is 1. The van der Waals surface area contributed by atoms with Gasteiger partial charge < -0.3 is 10.2 Å². The fraction of sp³-hybridized carbons (Fsp3) is 0.412. The summed E-state index contributed by atoms with van der Waals surface area (Å²) >= 11 is 5.96. The molecule has 3 rings (SSSR count). The van der Waals surface area contributed by atoms with Gasteiger partial charge in [0.25, 0.3) is 0 Å². The largest absolute Gasteiger partial charge is 0.322 e. The molecule has 0 saturated heterocycles. The first kappa shape index (κ1) is 15.9. The van der Waals surface area contributed by atoms with Gasteiger partial charge in [0.2, 0.25) is 0 Å². The Morgan fingerprint density at radius 2 is 2.17 bits per heavy atom. The Labute approximate surface area is 141 Å². The van der Waals surface area contributed by atoms with E-state index < -0.39 is 0 Å². The third-order valence-electron chi connectivity index (χ3n) is 4.01. The van der Waals surface area contributed by atoms with Gasteiger partial charge in [0.05, 0.1) is 12.2 Å². The van der Waals surface area contributed by atoms with E-state index in [4.69, 9.17) is 11.6 Å². The van der Waals surface area contributed by atoms with E-state index in [9.17, 15) is 4.79 Å². The molecule has 0 saturated carbocycles. The molecule has 2 heterocycles. The molecule has 1 aliphatic rings. The molecular formula is C17H21ClN4O. The molecule has 23 heavy (non-hydrogen) atoms. The van der Waals surface area contributed by atoms with E-state index in [1.165, 1.54) is 0 Å². The van der Waals surface area contributed by atoms with Crippen LogP contribution in [-0.4, -0.2) is 27.7 Å². The van der Waals surface area contributed by atoms with E-state index >= 15 is 0 Å². The monoisotopic (exact) mass is 332 g/mol. The first-order valence-corrected chi connectivity index (χ1v) is 8.10. The van der Waals surface area contributed by atoms with Crippen molar-refractivity contribution >= 4 is 23.3 Å². The van der Waals surface area contributed by atoms with Crippen molar-refractivity contribution in [1.29, 1.82) is 0 Å². The predicted octanol–water partition coefficient (Wildman–Crippen LogP) is 3.95. The molecule has 6 heteroatoms. The maximum Gasteiger partial charge on any atom is 0.322 e. The van der Waals surface area contributed by atoms with Gasteiger partial charge >= 0.3 is 6.03 Å². The number of carbonyl (C=O) groups excluding carboxylic acids is 1. The molecule has 0 radical (unpaired) electrons. The summed E-state index contributed by atoms with van der Waals surface area (Å²) in [5, 5.41) is 11.1. The molecule has 0 bridgehead atoms. The van der Waals surface area contributed by atoms with Crippen molar-refractivity contribution in [2.45, 2.75) is 39.2 Å². The van der Waals surface area contributed by atoms with E-state index in [2.05, 4.69) is 36.3 Å². The lowest BCUT2D eigenvalue weighted by Gasteiger charge is -2.29. The number of anilines is 1. The van der Waals surface area contributed by atoms with Gasteiger partial charge in [-0.3, -0.25) is 5.10 Å². The molecule has 5 nitrogen and oxygen atoms in total. The van der Waals surface area contributed by atoms with Crippen molar-refractivity contribution in [1.82, 2.24) is 15.1 Å². The molecule has 2 amide bonds. The Morgan fingerprint density at radius 3 is 2.87 bits per heavy atom. The number of fused-ring (bicyclic) bond motifs is 1.